The number of carbonyl (C=O) groups is 1. The zero-order chi connectivity index (χ0) is 21.7. The van der Waals surface area contributed by atoms with Crippen LogP contribution in [0.2, 0.25) is 0 Å². The Labute approximate surface area is 174 Å². The fourth-order valence-corrected chi connectivity index (χ4v) is 3.94. The van der Waals surface area contributed by atoms with Gasteiger partial charge in [0.15, 0.2) is 34.9 Å². The van der Waals surface area contributed by atoms with Gasteiger partial charge in [-0.1, -0.05) is 11.8 Å². The number of nitrogens with two attached hydrogens (primary N) is 2. The maximum Gasteiger partial charge on any atom is 0.220 e. The summed E-state index contributed by atoms with van der Waals surface area (Å²) in [7, 11) is 0. The second-order valence-corrected chi connectivity index (χ2v) is 7.46. The fraction of sp³-hybridized carbons (Fsp3) is 0.600. The fourth-order valence-electron chi connectivity index (χ4n) is 2.99. The van der Waals surface area contributed by atoms with Crippen LogP contribution in [0.25, 0.3) is 11.2 Å². The van der Waals surface area contributed by atoms with E-state index < -0.39 is 24.5 Å². The number of nitrogen functional groups attached to an aromatic ring is 1. The van der Waals surface area contributed by atoms with Gasteiger partial charge in [-0.15, -0.1) is 0 Å². The van der Waals surface area contributed by atoms with E-state index in [1.165, 1.54) is 22.7 Å². The van der Waals surface area contributed by atoms with Gasteiger partial charge in [-0.05, 0) is 0 Å². The highest BCUT2D eigenvalue weighted by Crippen LogP contribution is 2.36. The predicted molar refractivity (Wildman–Crippen MR) is 105 cm³/mol. The zero-order valence-corrected chi connectivity index (χ0v) is 16.7. The molecule has 4 atom stereocenters. The third kappa shape index (κ3) is 4.56. The number of amides is 1. The maximum absolute atomic E-state index is 11.8. The lowest BCUT2D eigenvalue weighted by atomic mass is 10.1. The number of anilines is 1. The van der Waals surface area contributed by atoms with Crippen molar-refractivity contribution in [1.82, 2.24) is 29.7 Å². The van der Waals surface area contributed by atoms with Crippen LogP contribution in [0.1, 0.15) is 12.6 Å². The van der Waals surface area contributed by atoms with E-state index in [2.05, 4.69) is 30.3 Å². The molecule has 3 heterocycles. The highest BCUT2D eigenvalue weighted by atomic mass is 32.2. The molecule has 0 aliphatic carbocycles. The molecule has 14 nitrogen and oxygen atoms in total. The molecule has 0 radical (unpaired) electrons. The Kier molecular flexibility index (Phi) is 7.25. The van der Waals surface area contributed by atoms with E-state index in [-0.39, 0.29) is 24.7 Å². The maximum atomic E-state index is 11.8. The molecule has 0 saturated carbocycles. The van der Waals surface area contributed by atoms with Crippen LogP contribution >= 0.6 is 11.8 Å². The molecular weight excluding hydrogens is 416 g/mol. The van der Waals surface area contributed by atoms with Crippen LogP contribution in [0.5, 0.6) is 0 Å². The third-order valence-corrected chi connectivity index (χ3v) is 5.38. The molecule has 0 bridgehead atoms. The third-order valence-electron chi connectivity index (χ3n) is 4.42. The lowest BCUT2D eigenvalue weighted by Gasteiger charge is -2.19. The van der Waals surface area contributed by atoms with Crippen molar-refractivity contribution >= 4 is 34.7 Å². The van der Waals surface area contributed by atoms with Gasteiger partial charge in [0.05, 0.1) is 0 Å². The first kappa shape index (κ1) is 22.0. The van der Waals surface area contributed by atoms with Crippen molar-refractivity contribution in [3.05, 3.63) is 6.33 Å². The Bertz CT molecular complexity index is 949. The minimum atomic E-state index is -1.31. The molecule has 1 amide bonds. The highest BCUT2D eigenvalue weighted by Gasteiger charge is 2.46. The summed E-state index contributed by atoms with van der Waals surface area (Å²) in [5.41, 5.74) is 18.7. The molecule has 30 heavy (non-hydrogen) atoms. The first-order valence-corrected chi connectivity index (χ1v) is 10.1. The lowest BCUT2D eigenvalue weighted by Crippen LogP contribution is -2.33. The van der Waals surface area contributed by atoms with Crippen LogP contribution in [0, 0.1) is 5.53 Å². The first-order valence-electron chi connectivity index (χ1n) is 9.10. The highest BCUT2D eigenvalue weighted by molar-refractivity contribution is 7.99. The second-order valence-electron chi connectivity index (χ2n) is 6.40. The van der Waals surface area contributed by atoms with E-state index >= 15 is 0 Å². The number of aliphatic hydroxyl groups excluding tert-OH is 2. The van der Waals surface area contributed by atoms with Gasteiger partial charge in [0, 0.05) is 25.3 Å². The summed E-state index contributed by atoms with van der Waals surface area (Å²) in [6, 6.07) is 0. The summed E-state index contributed by atoms with van der Waals surface area (Å²) in [5.74, 6) is 0.381. The number of aliphatic hydroxyl groups is 2. The van der Waals surface area contributed by atoms with E-state index in [4.69, 9.17) is 21.7 Å². The number of rotatable bonds is 9. The number of hydrogen-bond donors (Lipinski definition) is 6. The van der Waals surface area contributed by atoms with E-state index in [0.29, 0.717) is 35.2 Å². The summed E-state index contributed by atoms with van der Waals surface area (Å²) in [6.45, 7) is 0.657. The van der Waals surface area contributed by atoms with Crippen LogP contribution in [-0.2, 0) is 9.53 Å². The quantitative estimate of drug-likeness (QED) is 0.145. The van der Waals surface area contributed by atoms with Crippen molar-refractivity contribution in [2.75, 3.05) is 31.1 Å². The molecule has 2 aromatic heterocycles. The Morgan fingerprint density at radius 2 is 2.23 bits per heavy atom. The molecule has 0 aromatic carbocycles. The molecule has 8 N–H and O–H groups in total. The number of aromatic nitrogens is 4. The number of nitrogens with zero attached hydrogens (tertiary/aromatic N) is 6. The van der Waals surface area contributed by atoms with Crippen molar-refractivity contribution < 1.29 is 19.7 Å². The Hall–Kier alpha value is -2.68. The van der Waals surface area contributed by atoms with E-state index in [0.717, 1.165) is 0 Å². The summed E-state index contributed by atoms with van der Waals surface area (Å²) in [4.78, 5) is 27.3. The molecule has 1 saturated heterocycles. The van der Waals surface area contributed by atoms with Crippen molar-refractivity contribution in [1.29, 1.82) is 5.53 Å². The minimum Gasteiger partial charge on any atom is -0.387 e. The number of fused-ring (bicyclic) bond motifs is 1. The molecular formula is C15H23N10O4S+. The van der Waals surface area contributed by atoms with Crippen molar-refractivity contribution in [3.63, 3.8) is 0 Å². The monoisotopic (exact) mass is 439 g/mol. The number of nitrogens with one attached hydrogen (secondary N) is 2. The lowest BCUT2D eigenvalue weighted by molar-refractivity contribution is -0.120. The van der Waals surface area contributed by atoms with Gasteiger partial charge in [-0.2, -0.15) is 0 Å². The van der Waals surface area contributed by atoms with Crippen LogP contribution in [0.4, 0.5) is 5.82 Å². The smallest absolute Gasteiger partial charge is 0.220 e. The molecule has 15 heteroatoms. The number of thioether (sulfide) groups is 1. The molecule has 0 unspecified atom stereocenters. The van der Waals surface area contributed by atoms with E-state index in [1.54, 1.807) is 0 Å². The van der Waals surface area contributed by atoms with Crippen LogP contribution < -0.4 is 21.7 Å². The minimum absolute atomic E-state index is 0.0915. The van der Waals surface area contributed by atoms with Crippen LogP contribution in [0.3, 0.4) is 0 Å². The van der Waals surface area contributed by atoms with E-state index in [1.807, 2.05) is 0 Å². The Balaban J connectivity index is 1.87. The largest absolute Gasteiger partial charge is 0.387 e. The van der Waals surface area contributed by atoms with Gasteiger partial charge in [0.25, 0.3) is 0 Å². The first-order chi connectivity index (χ1) is 14.5. The topological polar surface area (TPSA) is 225 Å². The average Bonchev–Trinajstić information content (AvgIpc) is 3.23. The molecule has 1 aliphatic rings. The normalized spacial score (nSPS) is 23.4. The number of imidazole rings is 1. The molecule has 162 valence electrons. The van der Waals surface area contributed by atoms with Gasteiger partial charge >= 0.3 is 0 Å². The van der Waals surface area contributed by atoms with Gasteiger partial charge < -0.3 is 31.7 Å². The van der Waals surface area contributed by atoms with Gasteiger partial charge in [0.1, 0.15) is 35.3 Å². The predicted octanol–water partition coefficient (Wildman–Crippen LogP) is -1.86. The number of carbonyl (C=O) groups excluding carboxylic acids is 1. The average molecular weight is 439 g/mol. The van der Waals surface area contributed by atoms with Crippen molar-refractivity contribution in [2.24, 2.45) is 10.8 Å². The van der Waals surface area contributed by atoms with Crippen LogP contribution in [-0.4, -0.2) is 79.3 Å². The standard InChI is InChI=1S/C15H22N10O4S/c16-2-3-19-8(26)1-4-30-15-23-9-12(17)20-6-21-13(9)25(15)14-11(28)10(27)7(29-14)5-22-24-18/h6-7,10-11,14,18,27-28H,1-5,16H2,(H2-,17,19,20,21,26)/p+1/t7-,10-,11-,14-/m1/s1. The number of ether oxygens (including phenoxy) is 1. The van der Waals surface area contributed by atoms with Gasteiger partial charge in [-0.3, -0.25) is 9.36 Å². The zero-order valence-electron chi connectivity index (χ0n) is 15.9. The van der Waals surface area contributed by atoms with Gasteiger partial charge in [0.2, 0.25) is 10.8 Å². The summed E-state index contributed by atoms with van der Waals surface area (Å²) >= 11 is 1.24. The Morgan fingerprint density at radius 1 is 1.43 bits per heavy atom. The molecule has 1 aliphatic heterocycles. The molecule has 1 fully saturated rings. The SMILES string of the molecule is N=[N+]=NC[C@H]1O[C@@H](n2c(SCCC(=O)NCCN)nc3c(N)ncnc32)[C@H](O)[C@@H]1O. The molecule has 0 spiro atoms. The van der Waals surface area contributed by atoms with Gasteiger partial charge in [-0.25, -0.2) is 15.0 Å². The summed E-state index contributed by atoms with van der Waals surface area (Å²) in [5, 5.41) is 27.5. The van der Waals surface area contributed by atoms with Crippen molar-refractivity contribution in [2.45, 2.75) is 36.1 Å². The number of hydrogen-bond acceptors (Lipinski definition) is 12. The molecule has 3 rings (SSSR count). The summed E-state index contributed by atoms with van der Waals surface area (Å²) < 4.78 is 7.30. The van der Waals surface area contributed by atoms with Crippen molar-refractivity contribution in [3.8, 4) is 0 Å². The summed E-state index contributed by atoms with van der Waals surface area (Å²) in [6.07, 6.45) is -2.98. The molecule has 2 aromatic rings. The second kappa shape index (κ2) is 9.88. The van der Waals surface area contributed by atoms with E-state index in [9.17, 15) is 15.0 Å². The Morgan fingerprint density at radius 3 is 2.97 bits per heavy atom. The van der Waals surface area contributed by atoms with Crippen LogP contribution in [0.15, 0.2) is 16.6 Å².